The molecule has 7 nitrogen and oxygen atoms in total. The summed E-state index contributed by atoms with van der Waals surface area (Å²) in [6.07, 6.45) is -0.119. The monoisotopic (exact) mass is 353 g/mol. The molecule has 2 amide bonds. The van der Waals surface area contributed by atoms with Gasteiger partial charge in [0.05, 0.1) is 23.8 Å². The van der Waals surface area contributed by atoms with E-state index >= 15 is 0 Å². The minimum atomic E-state index is -1.38. The summed E-state index contributed by atoms with van der Waals surface area (Å²) in [5.74, 6) is -3.13. The lowest BCUT2D eigenvalue weighted by atomic mass is 10.0. The Hall–Kier alpha value is -3.48. The van der Waals surface area contributed by atoms with Gasteiger partial charge < -0.3 is 9.84 Å². The molecular weight excluding hydrogens is 338 g/mol. The Balaban J connectivity index is 1.92. The molecule has 1 aliphatic heterocycles. The molecule has 1 atom stereocenters. The maximum Gasteiger partial charge on any atom is 0.337 e. The average Bonchev–Trinajstić information content (AvgIpc) is 2.90. The molecule has 7 heteroatoms. The zero-order valence-corrected chi connectivity index (χ0v) is 13.8. The number of methoxy groups -OCH3 is 1. The standard InChI is InChI=1S/C19H15NO6/c1-26-19(25)12-6-4-5-11(9-12)10-15(18(23)24)20-16(21)13-7-2-3-8-14(13)17(20)22/h2-9,15H,10H2,1H3,(H,23,24)/t15-/m0/s1. The first-order valence-corrected chi connectivity index (χ1v) is 7.81. The second kappa shape index (κ2) is 6.79. The molecule has 0 unspecified atom stereocenters. The fraction of sp³-hybridized carbons (Fsp3) is 0.158. The van der Waals surface area contributed by atoms with Gasteiger partial charge >= 0.3 is 11.9 Å². The summed E-state index contributed by atoms with van der Waals surface area (Å²) in [6, 6.07) is 11.1. The first kappa shape index (κ1) is 17.3. The summed E-state index contributed by atoms with van der Waals surface area (Å²) < 4.78 is 4.65. The van der Waals surface area contributed by atoms with E-state index in [1.807, 2.05) is 0 Å². The molecule has 0 radical (unpaired) electrons. The molecular formula is C19H15NO6. The highest BCUT2D eigenvalue weighted by Crippen LogP contribution is 2.26. The SMILES string of the molecule is COC(=O)c1cccc(C[C@@H](C(=O)O)N2C(=O)c3ccccc3C2=O)c1. The number of hydrogen-bond donors (Lipinski definition) is 1. The normalized spacial score (nSPS) is 14.1. The Morgan fingerprint density at radius 2 is 1.65 bits per heavy atom. The predicted octanol–water partition coefficient (Wildman–Crippen LogP) is 1.77. The second-order valence-electron chi connectivity index (χ2n) is 5.78. The number of rotatable bonds is 5. The van der Waals surface area contributed by atoms with Crippen LogP contribution in [-0.4, -0.2) is 46.9 Å². The van der Waals surface area contributed by atoms with Crippen molar-refractivity contribution in [3.63, 3.8) is 0 Å². The maximum atomic E-state index is 12.5. The van der Waals surface area contributed by atoms with Crippen molar-refractivity contribution >= 4 is 23.8 Å². The highest BCUT2D eigenvalue weighted by atomic mass is 16.5. The van der Waals surface area contributed by atoms with E-state index in [0.29, 0.717) is 5.56 Å². The average molecular weight is 353 g/mol. The summed E-state index contributed by atoms with van der Waals surface area (Å²) >= 11 is 0. The van der Waals surface area contributed by atoms with Crippen molar-refractivity contribution in [2.45, 2.75) is 12.5 Å². The topological polar surface area (TPSA) is 101 Å². The number of amides is 2. The molecule has 0 saturated carbocycles. The molecule has 1 aliphatic rings. The minimum absolute atomic E-state index is 0.119. The molecule has 3 rings (SSSR count). The zero-order valence-electron chi connectivity index (χ0n) is 13.8. The number of ether oxygens (including phenoxy) is 1. The summed E-state index contributed by atoms with van der Waals surface area (Å²) in [4.78, 5) is 49.2. The van der Waals surface area contributed by atoms with Gasteiger partial charge in [0.2, 0.25) is 0 Å². The molecule has 26 heavy (non-hydrogen) atoms. The van der Waals surface area contributed by atoms with Crippen molar-refractivity contribution in [1.82, 2.24) is 4.90 Å². The maximum absolute atomic E-state index is 12.5. The number of hydrogen-bond acceptors (Lipinski definition) is 5. The molecule has 0 aromatic heterocycles. The molecule has 0 aliphatic carbocycles. The Bertz CT molecular complexity index is 885. The number of imide groups is 1. The van der Waals surface area contributed by atoms with E-state index in [2.05, 4.69) is 4.74 Å². The van der Waals surface area contributed by atoms with E-state index in [-0.39, 0.29) is 23.1 Å². The first-order chi connectivity index (χ1) is 12.4. The first-order valence-electron chi connectivity index (χ1n) is 7.81. The number of esters is 1. The van der Waals surface area contributed by atoms with Crippen molar-refractivity contribution in [1.29, 1.82) is 0 Å². The number of carbonyl (C=O) groups is 4. The Labute approximate surface area is 148 Å². The van der Waals surface area contributed by atoms with Gasteiger partial charge in [0.25, 0.3) is 11.8 Å². The van der Waals surface area contributed by atoms with Gasteiger partial charge in [-0.15, -0.1) is 0 Å². The van der Waals surface area contributed by atoms with E-state index in [4.69, 9.17) is 0 Å². The molecule has 2 aromatic carbocycles. The van der Waals surface area contributed by atoms with Crippen LogP contribution in [0.2, 0.25) is 0 Å². The second-order valence-corrected chi connectivity index (χ2v) is 5.78. The molecule has 0 bridgehead atoms. The van der Waals surface area contributed by atoms with Crippen LogP contribution in [0, 0.1) is 0 Å². The van der Waals surface area contributed by atoms with Gasteiger partial charge in [-0.1, -0.05) is 24.3 Å². The molecule has 0 saturated heterocycles. The van der Waals surface area contributed by atoms with Crippen LogP contribution in [0.15, 0.2) is 48.5 Å². The van der Waals surface area contributed by atoms with Crippen LogP contribution in [0.1, 0.15) is 36.6 Å². The largest absolute Gasteiger partial charge is 0.480 e. The van der Waals surface area contributed by atoms with E-state index in [0.717, 1.165) is 4.90 Å². The molecule has 1 N–H and O–H groups in total. The summed E-state index contributed by atoms with van der Waals surface area (Å²) in [5, 5.41) is 9.60. The molecule has 0 spiro atoms. The lowest BCUT2D eigenvalue weighted by molar-refractivity contribution is -0.141. The number of benzene rings is 2. The minimum Gasteiger partial charge on any atom is -0.480 e. The van der Waals surface area contributed by atoms with Gasteiger partial charge in [0, 0.05) is 6.42 Å². The number of fused-ring (bicyclic) bond motifs is 1. The van der Waals surface area contributed by atoms with Crippen LogP contribution in [0.4, 0.5) is 0 Å². The fourth-order valence-electron chi connectivity index (χ4n) is 2.95. The summed E-state index contributed by atoms with van der Waals surface area (Å²) in [5.41, 5.74) is 1.13. The Morgan fingerprint density at radius 3 is 2.19 bits per heavy atom. The molecule has 0 fully saturated rings. The van der Waals surface area contributed by atoms with Crippen LogP contribution in [0.3, 0.4) is 0 Å². The van der Waals surface area contributed by atoms with E-state index in [1.54, 1.807) is 24.3 Å². The third-order valence-corrected chi connectivity index (χ3v) is 4.20. The molecule has 1 heterocycles. The van der Waals surface area contributed by atoms with Crippen molar-refractivity contribution in [2.75, 3.05) is 7.11 Å². The number of nitrogens with zero attached hydrogens (tertiary/aromatic N) is 1. The van der Waals surface area contributed by atoms with E-state index in [9.17, 15) is 24.3 Å². The molecule has 132 valence electrons. The van der Waals surface area contributed by atoms with Gasteiger partial charge in [-0.3, -0.25) is 14.5 Å². The highest BCUT2D eigenvalue weighted by molar-refractivity contribution is 6.22. The van der Waals surface area contributed by atoms with Gasteiger partial charge in [-0.2, -0.15) is 0 Å². The quantitative estimate of drug-likeness (QED) is 0.649. The number of aliphatic carboxylic acids is 1. The zero-order chi connectivity index (χ0) is 18.8. The highest BCUT2D eigenvalue weighted by Gasteiger charge is 2.42. The lowest BCUT2D eigenvalue weighted by Gasteiger charge is -2.22. The van der Waals surface area contributed by atoms with Gasteiger partial charge in [-0.05, 0) is 29.8 Å². The van der Waals surface area contributed by atoms with Crippen molar-refractivity contribution < 1.29 is 29.0 Å². The van der Waals surface area contributed by atoms with Crippen LogP contribution in [-0.2, 0) is 16.0 Å². The van der Waals surface area contributed by atoms with Crippen LogP contribution >= 0.6 is 0 Å². The lowest BCUT2D eigenvalue weighted by Crippen LogP contribution is -2.46. The third-order valence-electron chi connectivity index (χ3n) is 4.20. The van der Waals surface area contributed by atoms with Gasteiger partial charge in [0.15, 0.2) is 0 Å². The smallest absolute Gasteiger partial charge is 0.337 e. The van der Waals surface area contributed by atoms with Crippen molar-refractivity contribution in [3.8, 4) is 0 Å². The van der Waals surface area contributed by atoms with Crippen molar-refractivity contribution in [3.05, 3.63) is 70.8 Å². The van der Waals surface area contributed by atoms with Crippen LogP contribution in [0.5, 0.6) is 0 Å². The Morgan fingerprint density at radius 1 is 1.04 bits per heavy atom. The number of carboxylic acid groups (broad SMARTS) is 1. The van der Waals surface area contributed by atoms with Crippen molar-refractivity contribution in [2.24, 2.45) is 0 Å². The van der Waals surface area contributed by atoms with E-state index < -0.39 is 29.8 Å². The fourth-order valence-corrected chi connectivity index (χ4v) is 2.95. The number of carboxylic acids is 1. The summed E-state index contributed by atoms with van der Waals surface area (Å²) in [6.45, 7) is 0. The van der Waals surface area contributed by atoms with Crippen LogP contribution < -0.4 is 0 Å². The van der Waals surface area contributed by atoms with Crippen LogP contribution in [0.25, 0.3) is 0 Å². The van der Waals surface area contributed by atoms with Gasteiger partial charge in [-0.25, -0.2) is 9.59 Å². The number of carbonyl (C=O) groups excluding carboxylic acids is 3. The predicted molar refractivity (Wildman–Crippen MR) is 89.9 cm³/mol. The third kappa shape index (κ3) is 2.95. The summed E-state index contributed by atoms with van der Waals surface area (Å²) in [7, 11) is 1.24. The van der Waals surface area contributed by atoms with E-state index in [1.165, 1.54) is 31.4 Å². The van der Waals surface area contributed by atoms with Gasteiger partial charge in [0.1, 0.15) is 6.04 Å². The molecule has 2 aromatic rings. The Kier molecular flexibility index (Phi) is 4.53.